The van der Waals surface area contributed by atoms with Gasteiger partial charge in [-0.25, -0.2) is 0 Å². The van der Waals surface area contributed by atoms with Gasteiger partial charge in [-0.2, -0.15) is 12.8 Å². The topological polar surface area (TPSA) is 103 Å². The minimum atomic E-state index is -3.55. The summed E-state index contributed by atoms with van der Waals surface area (Å²) < 4.78 is 23.1. The molecule has 0 aliphatic carbocycles. The van der Waals surface area contributed by atoms with E-state index >= 15 is 0 Å². The van der Waals surface area contributed by atoms with Gasteiger partial charge in [-0.05, 0) is 100.0 Å². The van der Waals surface area contributed by atoms with Crippen LogP contribution in [0.1, 0.15) is 161 Å². The summed E-state index contributed by atoms with van der Waals surface area (Å²) in [4.78, 5) is 19.6. The molecule has 0 bridgehead atoms. The molecule has 2 radical (unpaired) electrons. The van der Waals surface area contributed by atoms with Crippen molar-refractivity contribution in [2.45, 2.75) is 145 Å². The number of anilines is 2. The molecule has 0 aromatic heterocycles. The van der Waals surface area contributed by atoms with E-state index in [4.69, 9.17) is 19.3 Å². The number of carbonyl (C=O) groups is 1. The molecular formula is C53H92N3O6PRh2-8. The number of hydrogen-bond acceptors (Lipinski definition) is 8. The Morgan fingerprint density at radius 1 is 0.646 bits per heavy atom. The van der Waals surface area contributed by atoms with Gasteiger partial charge in [0.25, 0.3) is 0 Å². The van der Waals surface area contributed by atoms with Crippen molar-refractivity contribution in [1.29, 1.82) is 0 Å². The Labute approximate surface area is 428 Å². The predicted octanol–water partition coefficient (Wildman–Crippen LogP) is 14.4. The Bertz CT molecular complexity index is 1580. The second-order valence-electron chi connectivity index (χ2n) is 16.8. The van der Waals surface area contributed by atoms with E-state index in [1.54, 1.807) is 18.7 Å². The van der Waals surface area contributed by atoms with Crippen LogP contribution in [-0.2, 0) is 57.4 Å². The molecule has 1 heterocycles. The minimum absolute atomic E-state index is 0. The number of hydrogen-bond donors (Lipinski definition) is 2. The second-order valence-corrected chi connectivity index (χ2v) is 18.6. The molecule has 1 saturated heterocycles. The summed E-state index contributed by atoms with van der Waals surface area (Å²) in [5.74, 6) is 1.70. The van der Waals surface area contributed by atoms with Crippen LogP contribution in [0.4, 0.5) is 11.4 Å². The summed E-state index contributed by atoms with van der Waals surface area (Å²) in [6.45, 7) is 35.9. The maximum absolute atomic E-state index is 12.9. The Hall–Kier alpha value is -2.08. The van der Waals surface area contributed by atoms with Gasteiger partial charge in [0.1, 0.15) is 6.29 Å². The first-order valence-corrected chi connectivity index (χ1v) is 22.3. The Morgan fingerprint density at radius 2 is 0.954 bits per heavy atom. The zero-order chi connectivity index (χ0) is 43.2. The number of nitrogens with zero attached hydrogens (tertiary/aromatic N) is 3. The summed E-state index contributed by atoms with van der Waals surface area (Å²) in [5, 5.41) is 15.2. The molecule has 4 rings (SSSR count). The van der Waals surface area contributed by atoms with Crippen LogP contribution < -0.4 is 9.80 Å². The van der Waals surface area contributed by atoms with Crippen LogP contribution in [0.2, 0.25) is 0 Å². The molecule has 1 amide bonds. The van der Waals surface area contributed by atoms with E-state index in [2.05, 4.69) is 108 Å². The fourth-order valence-electron chi connectivity index (χ4n) is 7.18. The third-order valence-electron chi connectivity index (χ3n) is 9.64. The molecule has 1 unspecified atom stereocenters. The number of benzene rings is 3. The van der Waals surface area contributed by atoms with Gasteiger partial charge in [-0.3, -0.25) is 4.57 Å². The van der Waals surface area contributed by atoms with Crippen LogP contribution in [0.3, 0.4) is 0 Å². The van der Waals surface area contributed by atoms with Crippen molar-refractivity contribution in [2.75, 3.05) is 36.1 Å². The van der Waals surface area contributed by atoms with E-state index in [-0.39, 0.29) is 109 Å². The molecule has 0 spiro atoms. The standard InChI is InChI=1S/C27H39N2.C18H29NO4P.C2H6O2.6CH3.2Rh/c1-18(2)22-11-9-12-23(19(3)4)26(22)28-15-16-29(17-28)27-24(20(5)6)13-10-14-25(27)21(7)8;1-7-22-24(21,23-8-2)14-17(20)19(18(4,5)6)15(3)16-12-10-9-11-13-16;1-2(3)4;;;;;;;;/h9-14,17-21H,15-16H2,1-8H3;9-15H,7-8H2,1-6H3;2-4H,1H3;6*1H3;;/q2*-1;;6*-1;;. The summed E-state index contributed by atoms with van der Waals surface area (Å²) in [7, 11) is -3.55. The van der Waals surface area contributed by atoms with Gasteiger partial charge in [0.2, 0.25) is 7.60 Å². The van der Waals surface area contributed by atoms with Crippen molar-refractivity contribution < 1.29 is 67.6 Å². The molecule has 1 fully saturated rings. The molecule has 1 aliphatic rings. The van der Waals surface area contributed by atoms with Gasteiger partial charge in [0.05, 0.1) is 25.2 Å². The number of aliphatic hydroxyl groups is 2. The number of aliphatic hydroxyl groups excluding tert-OH is 1. The van der Waals surface area contributed by atoms with E-state index in [0.29, 0.717) is 23.7 Å². The van der Waals surface area contributed by atoms with Crippen LogP contribution in [0.15, 0.2) is 66.7 Å². The average molecular weight is 1100 g/mol. The van der Waals surface area contributed by atoms with Gasteiger partial charge in [-0.15, -0.1) is 0 Å². The van der Waals surface area contributed by atoms with Crippen molar-refractivity contribution in [3.8, 4) is 0 Å². The van der Waals surface area contributed by atoms with E-state index in [1.807, 2.05) is 58.0 Å². The third kappa shape index (κ3) is 23.2. The monoisotopic (exact) mass is 1100 g/mol. The number of rotatable bonds is 14. The maximum Gasteiger partial charge on any atom is 0.211 e. The van der Waals surface area contributed by atoms with E-state index < -0.39 is 19.4 Å². The first-order valence-electron chi connectivity index (χ1n) is 20.7. The smallest absolute Gasteiger partial charge is 0.211 e. The summed E-state index contributed by atoms with van der Waals surface area (Å²) in [6.07, 6.45) is -0.0648. The summed E-state index contributed by atoms with van der Waals surface area (Å²) in [6, 6.07) is 23.3. The van der Waals surface area contributed by atoms with Crippen LogP contribution >= 0.6 is 7.60 Å². The van der Waals surface area contributed by atoms with Gasteiger partial charge < -0.3 is 83.3 Å². The zero-order valence-corrected chi connectivity index (χ0v) is 48.5. The Morgan fingerprint density at radius 3 is 1.22 bits per heavy atom. The number of para-hydroxylation sites is 2. The maximum atomic E-state index is 12.9. The normalized spacial score (nSPS) is 12.2. The summed E-state index contributed by atoms with van der Waals surface area (Å²) in [5.41, 5.74) is 9.22. The molecular weight excluding hydrogens is 1010 g/mol. The zero-order valence-electron chi connectivity index (χ0n) is 44.3. The van der Waals surface area contributed by atoms with E-state index in [9.17, 15) is 9.36 Å². The minimum Gasteiger partial charge on any atom is -0.502 e. The van der Waals surface area contributed by atoms with Gasteiger partial charge >= 0.3 is 0 Å². The van der Waals surface area contributed by atoms with Crippen molar-refractivity contribution in [3.05, 3.63) is 152 Å². The van der Waals surface area contributed by atoms with Gasteiger partial charge in [-0.1, -0.05) is 122 Å². The van der Waals surface area contributed by atoms with Crippen LogP contribution in [0.5, 0.6) is 0 Å². The molecule has 65 heavy (non-hydrogen) atoms. The molecule has 3 aromatic carbocycles. The molecule has 1 atom stereocenters. The quantitative estimate of drug-likeness (QED) is 0.0712. The van der Waals surface area contributed by atoms with Crippen molar-refractivity contribution >= 4 is 24.9 Å². The first-order chi connectivity index (χ1) is 26.6. The van der Waals surface area contributed by atoms with Crippen LogP contribution in [-0.4, -0.2) is 59.2 Å². The van der Waals surface area contributed by atoms with E-state index in [1.165, 1.54) is 40.6 Å². The molecule has 9 nitrogen and oxygen atoms in total. The van der Waals surface area contributed by atoms with Gasteiger partial charge in [0.15, 0.2) is 0 Å². The predicted molar refractivity (Wildman–Crippen MR) is 277 cm³/mol. The number of amides is 1. The molecule has 12 heteroatoms. The van der Waals surface area contributed by atoms with Crippen LogP contribution in [0.25, 0.3) is 0 Å². The Balaban J connectivity index is -0.000000173. The fraction of sp³-hybridized carbons (Fsp3) is 0.491. The van der Waals surface area contributed by atoms with Crippen molar-refractivity contribution in [1.82, 2.24) is 4.90 Å². The Kier molecular flexibility index (Phi) is 42.7. The largest absolute Gasteiger partial charge is 0.502 e. The van der Waals surface area contributed by atoms with Crippen molar-refractivity contribution in [3.63, 3.8) is 0 Å². The average Bonchev–Trinajstić information content (AvgIpc) is 3.60. The molecule has 1 aliphatic heterocycles. The van der Waals surface area contributed by atoms with Crippen molar-refractivity contribution in [2.24, 2.45) is 0 Å². The molecule has 386 valence electrons. The summed E-state index contributed by atoms with van der Waals surface area (Å²) >= 11 is 0. The third-order valence-corrected chi connectivity index (χ3v) is 11.4. The molecule has 0 saturated carbocycles. The van der Waals surface area contributed by atoms with Crippen LogP contribution in [0, 0.1) is 57.4 Å². The fourth-order valence-corrected chi connectivity index (χ4v) is 8.52. The SMILES string of the molecule is CC(C)c1cccc(C(C)C)c1N1[CH-]N(c2c(C(C)C)cccc2C(C)C)CC1.CC(O)O.CCOP(=O)([CH-]C(=O)N(C(C)c1ccccc1)C(C)(C)C)OCC.[CH3-].[CH3-].[CH3-].[CH3-].[CH3-].[CH3-].[Rh].[Rh]. The number of carbonyl (C=O) groups excluding carboxylic acids is 1. The molecule has 2 N–H and O–H groups in total. The van der Waals surface area contributed by atoms with E-state index in [0.717, 1.165) is 24.8 Å². The van der Waals surface area contributed by atoms with Gasteiger partial charge in [0, 0.05) is 69.0 Å². The molecule has 3 aromatic rings. The second kappa shape index (κ2) is 36.0. The first kappa shape index (κ1) is 77.1.